The Balaban J connectivity index is 2.56. The van der Waals surface area contributed by atoms with Crippen molar-refractivity contribution in [2.75, 3.05) is 6.54 Å². The first-order chi connectivity index (χ1) is 12.4. The Labute approximate surface area is 160 Å². The molecule has 7 heteroatoms. The lowest BCUT2D eigenvalue weighted by atomic mass is 9.86. The highest BCUT2D eigenvalue weighted by Gasteiger charge is 2.34. The van der Waals surface area contributed by atoms with E-state index in [-0.39, 0.29) is 13.2 Å². The predicted molar refractivity (Wildman–Crippen MR) is 102 cm³/mol. The predicted octanol–water partition coefficient (Wildman–Crippen LogP) is 2.79. The molecule has 0 aliphatic carbocycles. The fourth-order valence-corrected chi connectivity index (χ4v) is 2.15. The molecule has 0 bridgehead atoms. The van der Waals surface area contributed by atoms with E-state index in [0.717, 1.165) is 5.56 Å². The van der Waals surface area contributed by atoms with Crippen LogP contribution in [0.15, 0.2) is 30.3 Å². The number of nitrogens with one attached hydrogen (secondary N) is 2. The first-order valence-corrected chi connectivity index (χ1v) is 8.85. The number of carbonyl (C=O) groups is 3. The fraction of sp³-hybridized carbons (Fsp3) is 0.550. The van der Waals surface area contributed by atoms with Crippen molar-refractivity contribution >= 4 is 18.0 Å². The van der Waals surface area contributed by atoms with Crippen molar-refractivity contribution in [3.05, 3.63) is 35.9 Å². The minimum absolute atomic E-state index is 0.133. The van der Waals surface area contributed by atoms with Gasteiger partial charge in [-0.2, -0.15) is 0 Å². The molecule has 2 amide bonds. The van der Waals surface area contributed by atoms with Gasteiger partial charge in [0.15, 0.2) is 0 Å². The molecule has 27 heavy (non-hydrogen) atoms. The molecule has 0 saturated carbocycles. The molecule has 0 aromatic heterocycles. The van der Waals surface area contributed by atoms with Gasteiger partial charge in [0.1, 0.15) is 24.8 Å². The summed E-state index contributed by atoms with van der Waals surface area (Å²) in [6.45, 7) is 10.5. The van der Waals surface area contributed by atoms with Gasteiger partial charge in [-0.3, -0.25) is 9.59 Å². The molecule has 0 spiro atoms. The van der Waals surface area contributed by atoms with Gasteiger partial charge >= 0.3 is 12.1 Å². The van der Waals surface area contributed by atoms with Crippen molar-refractivity contribution < 1.29 is 23.9 Å². The maximum absolute atomic E-state index is 12.5. The summed E-state index contributed by atoms with van der Waals surface area (Å²) in [5, 5.41) is 5.08. The Morgan fingerprint density at radius 3 is 2.11 bits per heavy atom. The molecule has 150 valence electrons. The third-order valence-corrected chi connectivity index (χ3v) is 3.44. The summed E-state index contributed by atoms with van der Waals surface area (Å²) in [5.41, 5.74) is -0.393. The van der Waals surface area contributed by atoms with E-state index in [1.807, 2.05) is 51.1 Å². The minimum atomic E-state index is -0.866. The summed E-state index contributed by atoms with van der Waals surface area (Å²) in [4.78, 5) is 36.3. The van der Waals surface area contributed by atoms with E-state index in [1.54, 1.807) is 20.8 Å². The van der Waals surface area contributed by atoms with Gasteiger partial charge in [-0.05, 0) is 31.7 Å². The SMILES string of the molecule is CC(C)(C)OC(=O)N[C@H](C(=O)NCC(=O)OCc1ccccc1)C(C)(C)C. The second-order valence-corrected chi connectivity index (χ2v) is 8.31. The number of rotatable bonds is 6. The van der Waals surface area contributed by atoms with E-state index in [9.17, 15) is 14.4 Å². The van der Waals surface area contributed by atoms with Crippen LogP contribution in [0.1, 0.15) is 47.1 Å². The lowest BCUT2D eigenvalue weighted by molar-refractivity contribution is -0.145. The molecule has 1 aromatic rings. The van der Waals surface area contributed by atoms with Crippen LogP contribution in [0.5, 0.6) is 0 Å². The summed E-state index contributed by atoms with van der Waals surface area (Å²) < 4.78 is 10.3. The maximum atomic E-state index is 12.5. The first kappa shape index (κ1) is 22.5. The second-order valence-electron chi connectivity index (χ2n) is 8.31. The molecule has 1 aromatic carbocycles. The van der Waals surface area contributed by atoms with Crippen molar-refractivity contribution in [2.24, 2.45) is 5.41 Å². The zero-order valence-electron chi connectivity index (χ0n) is 16.9. The monoisotopic (exact) mass is 378 g/mol. The van der Waals surface area contributed by atoms with Crippen molar-refractivity contribution in [3.8, 4) is 0 Å². The largest absolute Gasteiger partial charge is 0.460 e. The number of hydrogen-bond acceptors (Lipinski definition) is 5. The topological polar surface area (TPSA) is 93.7 Å². The molecule has 0 radical (unpaired) electrons. The van der Waals surface area contributed by atoms with E-state index >= 15 is 0 Å². The van der Waals surface area contributed by atoms with Gasteiger partial charge in [0, 0.05) is 0 Å². The Morgan fingerprint density at radius 2 is 1.59 bits per heavy atom. The van der Waals surface area contributed by atoms with Gasteiger partial charge < -0.3 is 20.1 Å². The Kier molecular flexibility index (Phi) is 7.82. The van der Waals surface area contributed by atoms with Crippen LogP contribution in [0.3, 0.4) is 0 Å². The van der Waals surface area contributed by atoms with Crippen LogP contribution in [-0.4, -0.2) is 36.2 Å². The van der Waals surface area contributed by atoms with Gasteiger partial charge in [0.05, 0.1) is 0 Å². The smallest absolute Gasteiger partial charge is 0.408 e. The first-order valence-electron chi connectivity index (χ1n) is 8.85. The molecule has 2 N–H and O–H groups in total. The number of carbonyl (C=O) groups excluding carboxylic acids is 3. The number of esters is 1. The average Bonchev–Trinajstić information content (AvgIpc) is 2.54. The summed E-state index contributed by atoms with van der Waals surface area (Å²) in [5.74, 6) is -1.04. The number of amides is 2. The van der Waals surface area contributed by atoms with Crippen molar-refractivity contribution in [2.45, 2.75) is 59.8 Å². The highest BCUT2D eigenvalue weighted by Crippen LogP contribution is 2.20. The lowest BCUT2D eigenvalue weighted by Crippen LogP contribution is -2.55. The number of hydrogen-bond donors (Lipinski definition) is 2. The van der Waals surface area contributed by atoms with Crippen LogP contribution in [-0.2, 0) is 25.7 Å². The molecule has 0 aliphatic heterocycles. The standard InChI is InChI=1S/C20H30N2O5/c1-19(2,3)16(22-18(25)27-20(4,5)6)17(24)21-12-15(23)26-13-14-10-8-7-9-11-14/h7-11,16H,12-13H2,1-6H3,(H,21,24)(H,22,25)/t16-/m1/s1. The van der Waals surface area contributed by atoms with Crippen LogP contribution < -0.4 is 10.6 Å². The molecular weight excluding hydrogens is 348 g/mol. The van der Waals surface area contributed by atoms with Crippen LogP contribution >= 0.6 is 0 Å². The third-order valence-electron chi connectivity index (χ3n) is 3.44. The van der Waals surface area contributed by atoms with Gasteiger partial charge in [-0.1, -0.05) is 51.1 Å². The zero-order chi connectivity index (χ0) is 20.7. The zero-order valence-corrected chi connectivity index (χ0v) is 16.9. The Bertz CT molecular complexity index is 645. The van der Waals surface area contributed by atoms with E-state index < -0.39 is 35.0 Å². The second kappa shape index (κ2) is 9.39. The Hall–Kier alpha value is -2.57. The molecule has 0 heterocycles. The van der Waals surface area contributed by atoms with Crippen LogP contribution in [0, 0.1) is 5.41 Å². The third kappa shape index (κ3) is 9.08. The molecule has 0 saturated heterocycles. The maximum Gasteiger partial charge on any atom is 0.408 e. The number of ether oxygens (including phenoxy) is 2. The summed E-state index contributed by atoms with van der Waals surface area (Å²) >= 11 is 0. The molecule has 7 nitrogen and oxygen atoms in total. The summed E-state index contributed by atoms with van der Waals surface area (Å²) in [7, 11) is 0. The molecular formula is C20H30N2O5. The van der Waals surface area contributed by atoms with Gasteiger partial charge in [-0.15, -0.1) is 0 Å². The van der Waals surface area contributed by atoms with E-state index in [1.165, 1.54) is 0 Å². The van der Waals surface area contributed by atoms with Crippen molar-refractivity contribution in [3.63, 3.8) is 0 Å². The van der Waals surface area contributed by atoms with Crippen molar-refractivity contribution in [1.82, 2.24) is 10.6 Å². The lowest BCUT2D eigenvalue weighted by Gasteiger charge is -2.31. The highest BCUT2D eigenvalue weighted by atomic mass is 16.6. The van der Waals surface area contributed by atoms with Crippen LogP contribution in [0.25, 0.3) is 0 Å². The molecule has 0 fully saturated rings. The summed E-state index contributed by atoms with van der Waals surface area (Å²) in [6.07, 6.45) is -0.691. The molecule has 0 aliphatic rings. The van der Waals surface area contributed by atoms with Crippen LogP contribution in [0.2, 0.25) is 0 Å². The highest BCUT2D eigenvalue weighted by molar-refractivity contribution is 5.88. The fourth-order valence-electron chi connectivity index (χ4n) is 2.15. The number of benzene rings is 1. The quantitative estimate of drug-likeness (QED) is 0.743. The van der Waals surface area contributed by atoms with Gasteiger partial charge in [0.25, 0.3) is 0 Å². The van der Waals surface area contributed by atoms with E-state index in [4.69, 9.17) is 9.47 Å². The average molecular weight is 378 g/mol. The molecule has 0 unspecified atom stereocenters. The van der Waals surface area contributed by atoms with E-state index in [0.29, 0.717) is 0 Å². The molecule has 1 rings (SSSR count). The van der Waals surface area contributed by atoms with Crippen LogP contribution in [0.4, 0.5) is 4.79 Å². The number of alkyl carbamates (subject to hydrolysis) is 1. The summed E-state index contributed by atoms with van der Waals surface area (Å²) in [6, 6.07) is 8.38. The Morgan fingerprint density at radius 1 is 1.00 bits per heavy atom. The normalized spacial score (nSPS) is 12.7. The van der Waals surface area contributed by atoms with E-state index in [2.05, 4.69) is 10.6 Å². The van der Waals surface area contributed by atoms with Gasteiger partial charge in [-0.25, -0.2) is 4.79 Å². The molecule has 1 atom stereocenters. The minimum Gasteiger partial charge on any atom is -0.460 e. The van der Waals surface area contributed by atoms with Crippen molar-refractivity contribution in [1.29, 1.82) is 0 Å². The van der Waals surface area contributed by atoms with Gasteiger partial charge in [0.2, 0.25) is 5.91 Å².